The number of piperidine rings is 1. The van der Waals surface area contributed by atoms with Crippen molar-refractivity contribution in [2.45, 2.75) is 44.7 Å². The second kappa shape index (κ2) is 5.66. The summed E-state index contributed by atoms with van der Waals surface area (Å²) < 4.78 is 11.5. The zero-order chi connectivity index (χ0) is 14.9. The number of hydrogen-bond acceptors (Lipinski definition) is 4. The van der Waals surface area contributed by atoms with E-state index in [1.807, 2.05) is 44.2 Å². The molecule has 2 heterocycles. The van der Waals surface area contributed by atoms with Gasteiger partial charge in [0.2, 0.25) is 0 Å². The quantitative estimate of drug-likeness (QED) is 0.906. The van der Waals surface area contributed by atoms with Crippen LogP contribution in [0, 0.1) is 0 Å². The van der Waals surface area contributed by atoms with Crippen LogP contribution in [-0.2, 0) is 16.1 Å². The van der Waals surface area contributed by atoms with Crippen LogP contribution in [0.5, 0.6) is 0 Å². The van der Waals surface area contributed by atoms with Crippen LogP contribution in [0.3, 0.4) is 0 Å². The Morgan fingerprint density at radius 2 is 2.19 bits per heavy atom. The van der Waals surface area contributed by atoms with Gasteiger partial charge in [-0.05, 0) is 32.4 Å². The Balaban J connectivity index is 1.67. The van der Waals surface area contributed by atoms with Gasteiger partial charge in [0.25, 0.3) is 0 Å². The molecule has 5 nitrogen and oxygen atoms in total. The Morgan fingerprint density at radius 1 is 1.43 bits per heavy atom. The van der Waals surface area contributed by atoms with Gasteiger partial charge in [-0.15, -0.1) is 0 Å². The first-order chi connectivity index (χ1) is 10.1. The highest BCUT2D eigenvalue weighted by Gasteiger charge is 2.51. The normalized spacial score (nSPS) is 27.2. The number of carbonyl (C=O) groups excluding carboxylic acids is 1. The molecular weight excluding hydrogens is 268 g/mol. The van der Waals surface area contributed by atoms with Crippen molar-refractivity contribution in [3.05, 3.63) is 35.9 Å². The third-order valence-corrected chi connectivity index (χ3v) is 4.14. The molecule has 2 atom stereocenters. The van der Waals surface area contributed by atoms with Crippen LogP contribution in [0.15, 0.2) is 30.3 Å². The smallest absolute Gasteiger partial charge is 0.412 e. The van der Waals surface area contributed by atoms with Gasteiger partial charge in [0.1, 0.15) is 12.3 Å². The molecule has 2 aliphatic heterocycles. The third-order valence-electron chi connectivity index (χ3n) is 4.14. The first-order valence-corrected chi connectivity index (χ1v) is 7.46. The Labute approximate surface area is 125 Å². The van der Waals surface area contributed by atoms with Gasteiger partial charge < -0.3 is 14.8 Å². The van der Waals surface area contributed by atoms with Gasteiger partial charge in [-0.3, -0.25) is 4.90 Å². The predicted octanol–water partition coefficient (Wildman–Crippen LogP) is 2.12. The third kappa shape index (κ3) is 2.89. The number of ether oxygens (including phenoxy) is 2. The lowest BCUT2D eigenvalue weighted by Crippen LogP contribution is -2.52. The molecule has 5 heteroatoms. The fourth-order valence-corrected chi connectivity index (χ4v) is 3.20. The minimum atomic E-state index is -0.616. The Kier molecular flexibility index (Phi) is 3.87. The molecule has 0 aliphatic carbocycles. The van der Waals surface area contributed by atoms with E-state index in [0.717, 1.165) is 25.1 Å². The van der Waals surface area contributed by atoms with E-state index in [1.54, 1.807) is 4.90 Å². The molecule has 1 aromatic rings. The van der Waals surface area contributed by atoms with Crippen molar-refractivity contribution < 1.29 is 14.3 Å². The summed E-state index contributed by atoms with van der Waals surface area (Å²) in [6, 6.07) is 9.83. The van der Waals surface area contributed by atoms with Gasteiger partial charge in [-0.2, -0.15) is 0 Å². The van der Waals surface area contributed by atoms with Crippen molar-refractivity contribution in [1.82, 2.24) is 10.2 Å². The molecule has 1 aromatic carbocycles. The minimum absolute atomic E-state index is 0.0537. The van der Waals surface area contributed by atoms with Gasteiger partial charge in [-0.1, -0.05) is 30.3 Å². The van der Waals surface area contributed by atoms with Crippen LogP contribution < -0.4 is 5.32 Å². The summed E-state index contributed by atoms with van der Waals surface area (Å²) in [6.45, 7) is 5.84. The first kappa shape index (κ1) is 14.4. The highest BCUT2D eigenvalue weighted by Crippen LogP contribution is 2.35. The molecule has 2 fully saturated rings. The van der Waals surface area contributed by atoms with E-state index in [9.17, 15) is 4.79 Å². The molecule has 0 unspecified atom stereocenters. The van der Waals surface area contributed by atoms with Crippen LogP contribution in [0.25, 0.3) is 0 Å². The predicted molar refractivity (Wildman–Crippen MR) is 78.7 cm³/mol. The summed E-state index contributed by atoms with van der Waals surface area (Å²) in [4.78, 5) is 14.3. The lowest BCUT2D eigenvalue weighted by atomic mass is 10.0. The molecule has 1 N–H and O–H groups in total. The van der Waals surface area contributed by atoms with E-state index in [0.29, 0.717) is 6.61 Å². The van der Waals surface area contributed by atoms with Crippen molar-refractivity contribution in [2.75, 3.05) is 13.1 Å². The molecule has 0 radical (unpaired) electrons. The molecule has 0 bridgehead atoms. The van der Waals surface area contributed by atoms with Gasteiger partial charge in [0.05, 0.1) is 12.1 Å². The zero-order valence-electron chi connectivity index (χ0n) is 12.5. The minimum Gasteiger partial charge on any atom is -0.444 e. The Bertz CT molecular complexity index is 504. The molecule has 3 rings (SSSR count). The van der Waals surface area contributed by atoms with Crippen molar-refractivity contribution in [3.8, 4) is 0 Å². The van der Waals surface area contributed by atoms with Crippen LogP contribution >= 0.6 is 0 Å². The fraction of sp³-hybridized carbons (Fsp3) is 0.562. The Morgan fingerprint density at radius 3 is 2.95 bits per heavy atom. The number of hydrogen-bond donors (Lipinski definition) is 1. The monoisotopic (exact) mass is 290 g/mol. The number of fused-ring (bicyclic) bond motifs is 1. The largest absolute Gasteiger partial charge is 0.444 e. The van der Waals surface area contributed by atoms with Gasteiger partial charge in [0, 0.05) is 6.54 Å². The summed E-state index contributed by atoms with van der Waals surface area (Å²) >= 11 is 0. The average Bonchev–Trinajstić information content (AvgIpc) is 2.75. The zero-order valence-corrected chi connectivity index (χ0v) is 12.5. The van der Waals surface area contributed by atoms with Gasteiger partial charge in [0.15, 0.2) is 0 Å². The van der Waals surface area contributed by atoms with E-state index in [-0.39, 0.29) is 18.2 Å². The Hall–Kier alpha value is -1.59. The summed E-state index contributed by atoms with van der Waals surface area (Å²) in [6.07, 6.45) is 0.658. The van der Waals surface area contributed by atoms with Crippen LogP contribution in [0.2, 0.25) is 0 Å². The number of benzene rings is 1. The molecule has 1 amide bonds. The van der Waals surface area contributed by atoms with Gasteiger partial charge in [-0.25, -0.2) is 4.79 Å². The summed E-state index contributed by atoms with van der Waals surface area (Å²) in [5.41, 5.74) is 0.375. The van der Waals surface area contributed by atoms with E-state index in [4.69, 9.17) is 9.47 Å². The second-order valence-electron chi connectivity index (χ2n) is 6.07. The summed E-state index contributed by atoms with van der Waals surface area (Å²) in [7, 11) is 0. The standard InChI is InChI=1S/C16H22N2O3/c1-16(2)18(13-8-9-17-10-14(13)21-16)15(19)20-11-12-6-4-3-5-7-12/h3-7,13-14,17H,8-11H2,1-2H3/t13-,14-/m1/s1. The van der Waals surface area contributed by atoms with Crippen molar-refractivity contribution in [3.63, 3.8) is 0 Å². The van der Waals surface area contributed by atoms with E-state index >= 15 is 0 Å². The maximum atomic E-state index is 12.5. The molecule has 0 saturated carbocycles. The van der Waals surface area contributed by atoms with Crippen molar-refractivity contribution in [2.24, 2.45) is 0 Å². The first-order valence-electron chi connectivity index (χ1n) is 7.46. The topological polar surface area (TPSA) is 50.8 Å². The molecule has 2 aliphatic rings. The van der Waals surface area contributed by atoms with Crippen molar-refractivity contribution >= 4 is 6.09 Å². The SMILES string of the molecule is CC1(C)O[C@@H]2CNCC[C@H]2N1C(=O)OCc1ccccc1. The molecule has 114 valence electrons. The highest BCUT2D eigenvalue weighted by atomic mass is 16.6. The number of nitrogens with zero attached hydrogens (tertiary/aromatic N) is 1. The molecule has 0 spiro atoms. The van der Waals surface area contributed by atoms with Crippen LogP contribution in [-0.4, -0.2) is 42.0 Å². The number of amides is 1. The fourth-order valence-electron chi connectivity index (χ4n) is 3.20. The summed E-state index contributed by atoms with van der Waals surface area (Å²) in [5, 5.41) is 3.31. The lowest BCUT2D eigenvalue weighted by Gasteiger charge is -2.33. The molecule has 2 saturated heterocycles. The molecular formula is C16H22N2O3. The number of carbonyl (C=O) groups is 1. The van der Waals surface area contributed by atoms with Crippen LogP contribution in [0.1, 0.15) is 25.8 Å². The number of nitrogens with one attached hydrogen (secondary N) is 1. The van der Waals surface area contributed by atoms with E-state index < -0.39 is 5.72 Å². The van der Waals surface area contributed by atoms with Crippen LogP contribution in [0.4, 0.5) is 4.79 Å². The van der Waals surface area contributed by atoms with E-state index in [1.165, 1.54) is 0 Å². The second-order valence-corrected chi connectivity index (χ2v) is 6.07. The summed E-state index contributed by atoms with van der Waals surface area (Å²) in [5.74, 6) is 0. The van der Waals surface area contributed by atoms with Gasteiger partial charge >= 0.3 is 6.09 Å². The molecule has 21 heavy (non-hydrogen) atoms. The molecule has 0 aromatic heterocycles. The maximum absolute atomic E-state index is 12.5. The highest BCUT2D eigenvalue weighted by molar-refractivity contribution is 5.69. The maximum Gasteiger partial charge on any atom is 0.412 e. The van der Waals surface area contributed by atoms with Crippen molar-refractivity contribution in [1.29, 1.82) is 0 Å². The number of rotatable bonds is 2. The average molecular weight is 290 g/mol. The lowest BCUT2D eigenvalue weighted by molar-refractivity contribution is -0.0693. The van der Waals surface area contributed by atoms with E-state index in [2.05, 4.69) is 5.32 Å².